The Labute approximate surface area is 143 Å². The summed E-state index contributed by atoms with van der Waals surface area (Å²) in [6.45, 7) is 0. The van der Waals surface area contributed by atoms with Crippen LogP contribution >= 0.6 is 0 Å². The highest BCUT2D eigenvalue weighted by Gasteiger charge is 2.21. The van der Waals surface area contributed by atoms with Crippen LogP contribution in [0.4, 0.5) is 14.5 Å². The maximum Gasteiger partial charge on any atom is 0.274 e. The molecule has 1 aliphatic carbocycles. The Hall–Kier alpha value is -2.77. The van der Waals surface area contributed by atoms with E-state index in [2.05, 4.69) is 15.3 Å². The Balaban J connectivity index is 1.82. The smallest absolute Gasteiger partial charge is 0.274 e. The van der Waals surface area contributed by atoms with E-state index in [1.807, 2.05) is 0 Å². The summed E-state index contributed by atoms with van der Waals surface area (Å²) < 4.78 is 38.2. The summed E-state index contributed by atoms with van der Waals surface area (Å²) in [4.78, 5) is 19.8. The van der Waals surface area contributed by atoms with Gasteiger partial charge in [0.25, 0.3) is 11.8 Å². The summed E-state index contributed by atoms with van der Waals surface area (Å²) in [6.07, 6.45) is 5.63. The highest BCUT2D eigenvalue weighted by molar-refractivity contribution is 6.03. The first kappa shape index (κ1) is 17.1. The molecule has 0 aliphatic heterocycles. The fourth-order valence-corrected chi connectivity index (χ4v) is 2.67. The van der Waals surface area contributed by atoms with Crippen LogP contribution in [0.25, 0.3) is 0 Å². The lowest BCUT2D eigenvalue weighted by molar-refractivity contribution is 0.101. The first-order valence-corrected chi connectivity index (χ1v) is 7.90. The van der Waals surface area contributed by atoms with Crippen LogP contribution in [0.15, 0.2) is 24.5 Å². The van der Waals surface area contributed by atoms with E-state index >= 15 is 0 Å². The summed E-state index contributed by atoms with van der Waals surface area (Å²) in [5, 5.41) is 2.17. The van der Waals surface area contributed by atoms with Gasteiger partial charge >= 0.3 is 0 Å². The van der Waals surface area contributed by atoms with Crippen molar-refractivity contribution in [1.82, 2.24) is 9.97 Å². The molecule has 2 aromatic heterocycles. The highest BCUT2D eigenvalue weighted by atomic mass is 19.1. The van der Waals surface area contributed by atoms with E-state index in [1.165, 1.54) is 19.2 Å². The second kappa shape index (κ2) is 7.42. The molecule has 1 N–H and O–H groups in total. The number of nitrogens with one attached hydrogen (secondary N) is 1. The van der Waals surface area contributed by atoms with Crippen molar-refractivity contribution in [2.45, 2.75) is 31.8 Å². The third-order valence-corrected chi connectivity index (χ3v) is 3.95. The van der Waals surface area contributed by atoms with Crippen molar-refractivity contribution < 1.29 is 23.0 Å². The largest absolute Gasteiger partial charge is 0.491 e. The minimum absolute atomic E-state index is 0.0230. The molecule has 6 nitrogen and oxygen atoms in total. The molecule has 2 aromatic rings. The molecule has 1 aliphatic rings. The van der Waals surface area contributed by atoms with E-state index in [9.17, 15) is 13.6 Å². The first-order valence-electron chi connectivity index (χ1n) is 7.90. The predicted octanol–water partition coefficient (Wildman–Crippen LogP) is 3.34. The molecule has 0 bridgehead atoms. The summed E-state index contributed by atoms with van der Waals surface area (Å²) in [5.41, 5.74) is -0.611. The van der Waals surface area contributed by atoms with E-state index in [4.69, 9.17) is 9.47 Å². The Morgan fingerprint density at radius 3 is 2.52 bits per heavy atom. The van der Waals surface area contributed by atoms with Crippen molar-refractivity contribution in [2.24, 2.45) is 0 Å². The minimum Gasteiger partial charge on any atom is -0.491 e. The molecule has 1 fully saturated rings. The molecule has 3 rings (SSSR count). The van der Waals surface area contributed by atoms with Gasteiger partial charge in [0.15, 0.2) is 17.4 Å². The topological polar surface area (TPSA) is 73.3 Å². The zero-order chi connectivity index (χ0) is 17.8. The second-order valence-corrected chi connectivity index (χ2v) is 5.66. The summed E-state index contributed by atoms with van der Waals surface area (Å²) in [7, 11) is 1.47. The molecular formula is C17H17F2N3O3. The third kappa shape index (κ3) is 3.84. The Bertz CT molecular complexity index is 759. The molecule has 132 valence electrons. The normalized spacial score (nSPS) is 14.4. The summed E-state index contributed by atoms with van der Waals surface area (Å²) in [6, 6.07) is 2.93. The van der Waals surface area contributed by atoms with Gasteiger partial charge in [-0.2, -0.15) is 0 Å². The molecule has 8 heteroatoms. The van der Waals surface area contributed by atoms with Crippen LogP contribution in [-0.4, -0.2) is 29.1 Å². The SMILES string of the molecule is COc1ccc(C(=O)Nc2c(F)cncc2F)nc1OC1CCCC1. The van der Waals surface area contributed by atoms with Crippen molar-refractivity contribution in [1.29, 1.82) is 0 Å². The van der Waals surface area contributed by atoms with E-state index < -0.39 is 23.2 Å². The van der Waals surface area contributed by atoms with Crippen molar-refractivity contribution >= 4 is 11.6 Å². The molecule has 0 radical (unpaired) electrons. The second-order valence-electron chi connectivity index (χ2n) is 5.66. The van der Waals surface area contributed by atoms with Crippen LogP contribution in [0, 0.1) is 11.6 Å². The number of hydrogen-bond donors (Lipinski definition) is 1. The van der Waals surface area contributed by atoms with Gasteiger partial charge in [-0.15, -0.1) is 0 Å². The lowest BCUT2D eigenvalue weighted by atomic mass is 10.3. The molecule has 0 unspecified atom stereocenters. The van der Waals surface area contributed by atoms with Gasteiger partial charge in [0.05, 0.1) is 19.5 Å². The molecule has 0 saturated heterocycles. The standard InChI is InChI=1S/C17H17F2N3O3/c1-24-14-7-6-13(21-17(14)25-10-4-2-3-5-10)16(23)22-15-11(18)8-20-9-12(15)19/h6-10H,2-5H2,1H3,(H,20,22,23). The van der Waals surface area contributed by atoms with Crippen LogP contribution in [-0.2, 0) is 0 Å². The number of carbonyl (C=O) groups excluding carboxylic acids is 1. The van der Waals surface area contributed by atoms with Crippen molar-refractivity contribution in [3.05, 3.63) is 41.9 Å². The third-order valence-electron chi connectivity index (χ3n) is 3.95. The number of pyridine rings is 2. The van der Waals surface area contributed by atoms with Gasteiger partial charge < -0.3 is 14.8 Å². The maximum atomic E-state index is 13.6. The van der Waals surface area contributed by atoms with Crippen molar-refractivity contribution in [3.8, 4) is 11.6 Å². The number of amides is 1. The highest BCUT2D eigenvalue weighted by Crippen LogP contribution is 2.30. The molecule has 0 spiro atoms. The molecule has 2 heterocycles. The average molecular weight is 349 g/mol. The van der Waals surface area contributed by atoms with Gasteiger partial charge in [-0.1, -0.05) is 0 Å². The van der Waals surface area contributed by atoms with Crippen LogP contribution < -0.4 is 14.8 Å². The lowest BCUT2D eigenvalue weighted by Gasteiger charge is -2.15. The average Bonchev–Trinajstić information content (AvgIpc) is 3.11. The fraction of sp³-hybridized carbons (Fsp3) is 0.353. The Kier molecular flexibility index (Phi) is 5.06. The zero-order valence-electron chi connectivity index (χ0n) is 13.6. The molecule has 1 amide bonds. The number of rotatable bonds is 5. The first-order chi connectivity index (χ1) is 12.1. The van der Waals surface area contributed by atoms with Crippen molar-refractivity contribution in [2.75, 3.05) is 12.4 Å². The van der Waals surface area contributed by atoms with Crippen LogP contribution in [0.1, 0.15) is 36.2 Å². The van der Waals surface area contributed by atoms with E-state index in [0.717, 1.165) is 38.1 Å². The number of ether oxygens (including phenoxy) is 2. The molecule has 0 aromatic carbocycles. The van der Waals surface area contributed by atoms with E-state index in [0.29, 0.717) is 5.75 Å². The molecular weight excluding hydrogens is 332 g/mol. The number of halogens is 2. The van der Waals surface area contributed by atoms with E-state index in [-0.39, 0.29) is 17.7 Å². The monoisotopic (exact) mass is 349 g/mol. The van der Waals surface area contributed by atoms with Crippen LogP contribution in [0.2, 0.25) is 0 Å². The molecule has 1 saturated carbocycles. The Morgan fingerprint density at radius 2 is 1.88 bits per heavy atom. The van der Waals surface area contributed by atoms with Gasteiger partial charge in [0.2, 0.25) is 0 Å². The number of anilines is 1. The van der Waals surface area contributed by atoms with E-state index in [1.54, 1.807) is 0 Å². The summed E-state index contributed by atoms with van der Waals surface area (Å²) in [5.74, 6) is -2.11. The number of hydrogen-bond acceptors (Lipinski definition) is 5. The molecule has 0 atom stereocenters. The van der Waals surface area contributed by atoms with Gasteiger partial charge in [0, 0.05) is 0 Å². The van der Waals surface area contributed by atoms with Gasteiger partial charge in [0.1, 0.15) is 17.5 Å². The quantitative estimate of drug-likeness (QED) is 0.896. The number of aromatic nitrogens is 2. The number of nitrogens with zero attached hydrogens (tertiary/aromatic N) is 2. The Morgan fingerprint density at radius 1 is 1.20 bits per heavy atom. The van der Waals surface area contributed by atoms with Crippen molar-refractivity contribution in [3.63, 3.8) is 0 Å². The number of methoxy groups -OCH3 is 1. The number of carbonyl (C=O) groups is 1. The van der Waals surface area contributed by atoms with Gasteiger partial charge in [-0.3, -0.25) is 9.78 Å². The predicted molar refractivity (Wildman–Crippen MR) is 85.8 cm³/mol. The van der Waals surface area contributed by atoms with Crippen LogP contribution in [0.3, 0.4) is 0 Å². The van der Waals surface area contributed by atoms with Gasteiger partial charge in [-0.05, 0) is 37.8 Å². The minimum atomic E-state index is -0.968. The fourth-order valence-electron chi connectivity index (χ4n) is 2.67. The summed E-state index contributed by atoms with van der Waals surface area (Å²) >= 11 is 0. The zero-order valence-corrected chi connectivity index (χ0v) is 13.6. The van der Waals surface area contributed by atoms with Gasteiger partial charge in [-0.25, -0.2) is 13.8 Å². The molecule has 25 heavy (non-hydrogen) atoms. The lowest BCUT2D eigenvalue weighted by Crippen LogP contribution is -2.18. The maximum absolute atomic E-state index is 13.6. The van der Waals surface area contributed by atoms with Crippen LogP contribution in [0.5, 0.6) is 11.6 Å².